The van der Waals surface area contributed by atoms with Gasteiger partial charge in [-0.1, -0.05) is 0 Å². The van der Waals surface area contributed by atoms with Crippen LogP contribution in [0.25, 0.3) is 0 Å². The van der Waals surface area contributed by atoms with Crippen molar-refractivity contribution < 1.29 is 14.7 Å². The van der Waals surface area contributed by atoms with E-state index in [1.54, 1.807) is 0 Å². The molecule has 0 aromatic rings. The van der Waals surface area contributed by atoms with E-state index in [-0.39, 0.29) is 23.1 Å². The summed E-state index contributed by atoms with van der Waals surface area (Å²) in [7, 11) is 0. The number of hydrogen-bond donors (Lipinski definition) is 2. The van der Waals surface area contributed by atoms with E-state index in [2.05, 4.69) is 5.32 Å². The summed E-state index contributed by atoms with van der Waals surface area (Å²) in [5.41, 5.74) is -0.482. The largest absolute Gasteiger partial charge is 0.390 e. The molecule has 0 aromatic heterocycles. The molecule has 140 valence electrons. The lowest BCUT2D eigenvalue weighted by atomic mass is 9.47. The molecule has 5 fully saturated rings. The van der Waals surface area contributed by atoms with Crippen molar-refractivity contribution in [2.24, 2.45) is 23.2 Å². The van der Waals surface area contributed by atoms with E-state index in [4.69, 9.17) is 0 Å². The molecule has 0 spiro atoms. The molecule has 1 saturated heterocycles. The lowest BCUT2D eigenvalue weighted by Crippen LogP contribution is -2.57. The molecule has 4 aliphatic carbocycles. The number of rotatable bonds is 4. The Bertz CT molecular complexity index is 547. The Morgan fingerprint density at radius 1 is 1.20 bits per heavy atom. The monoisotopic (exact) mass is 348 g/mol. The highest BCUT2D eigenvalue weighted by atomic mass is 16.3. The van der Waals surface area contributed by atoms with Gasteiger partial charge in [0, 0.05) is 26.1 Å². The number of carbonyl (C=O) groups excluding carboxylic acids is 2. The van der Waals surface area contributed by atoms with Crippen molar-refractivity contribution in [2.75, 3.05) is 19.6 Å². The highest BCUT2D eigenvalue weighted by Gasteiger charge is 2.57. The summed E-state index contributed by atoms with van der Waals surface area (Å²) in [6.45, 7) is 3.93. The van der Waals surface area contributed by atoms with Crippen LogP contribution < -0.4 is 5.32 Å². The van der Waals surface area contributed by atoms with Gasteiger partial charge < -0.3 is 15.3 Å². The first kappa shape index (κ1) is 17.3. The number of likely N-dealkylation sites (tertiary alicyclic amines) is 1. The lowest BCUT2D eigenvalue weighted by Gasteiger charge is -2.60. The second kappa shape index (κ2) is 6.26. The maximum atomic E-state index is 13.0. The number of carbonyl (C=O) groups is 2. The molecule has 5 nitrogen and oxygen atoms in total. The fourth-order valence-electron chi connectivity index (χ4n) is 6.78. The fraction of sp³-hybridized carbons (Fsp3) is 0.900. The van der Waals surface area contributed by atoms with Crippen molar-refractivity contribution in [3.63, 3.8) is 0 Å². The summed E-state index contributed by atoms with van der Waals surface area (Å²) in [5.74, 6) is 1.47. The van der Waals surface area contributed by atoms with Crippen molar-refractivity contribution in [3.05, 3.63) is 0 Å². The van der Waals surface area contributed by atoms with Gasteiger partial charge in [-0.3, -0.25) is 9.59 Å². The predicted octanol–water partition coefficient (Wildman–Crippen LogP) is 2.08. The van der Waals surface area contributed by atoms with E-state index in [1.165, 1.54) is 6.42 Å². The van der Waals surface area contributed by atoms with E-state index in [1.807, 2.05) is 11.8 Å². The summed E-state index contributed by atoms with van der Waals surface area (Å²) in [6, 6.07) is 0. The van der Waals surface area contributed by atoms with Crippen molar-refractivity contribution in [1.29, 1.82) is 0 Å². The first-order chi connectivity index (χ1) is 11.9. The van der Waals surface area contributed by atoms with Crippen molar-refractivity contribution in [2.45, 2.75) is 70.3 Å². The fourth-order valence-corrected chi connectivity index (χ4v) is 6.78. The van der Waals surface area contributed by atoms with Gasteiger partial charge in [-0.05, 0) is 75.5 Å². The molecular weight excluding hydrogens is 316 g/mol. The Morgan fingerprint density at radius 2 is 1.92 bits per heavy atom. The molecule has 5 rings (SSSR count). The molecule has 2 N–H and O–H groups in total. The molecule has 0 unspecified atom stereocenters. The van der Waals surface area contributed by atoms with Gasteiger partial charge in [-0.15, -0.1) is 0 Å². The topological polar surface area (TPSA) is 69.6 Å². The second-order valence-electron chi connectivity index (χ2n) is 9.44. The van der Waals surface area contributed by atoms with Gasteiger partial charge >= 0.3 is 0 Å². The number of aliphatic hydroxyl groups is 1. The smallest absolute Gasteiger partial charge is 0.224 e. The number of nitrogens with one attached hydrogen (secondary N) is 1. The summed E-state index contributed by atoms with van der Waals surface area (Å²) >= 11 is 0. The predicted molar refractivity (Wildman–Crippen MR) is 94.7 cm³/mol. The number of amides is 2. The molecule has 25 heavy (non-hydrogen) atoms. The third-order valence-corrected chi connectivity index (χ3v) is 7.17. The van der Waals surface area contributed by atoms with Crippen molar-refractivity contribution in [3.8, 4) is 0 Å². The summed E-state index contributed by atoms with van der Waals surface area (Å²) in [5, 5.41) is 13.8. The Labute approximate surface area is 150 Å². The average molecular weight is 348 g/mol. The van der Waals surface area contributed by atoms with Crippen LogP contribution in [0.4, 0.5) is 0 Å². The van der Waals surface area contributed by atoms with Gasteiger partial charge in [0.1, 0.15) is 0 Å². The maximum absolute atomic E-state index is 13.0. The molecule has 5 heteroatoms. The van der Waals surface area contributed by atoms with E-state index in [0.29, 0.717) is 31.3 Å². The molecule has 4 bridgehead atoms. The molecule has 0 radical (unpaired) electrons. The Balaban J connectivity index is 1.41. The van der Waals surface area contributed by atoms with Gasteiger partial charge in [0.25, 0.3) is 0 Å². The van der Waals surface area contributed by atoms with Crippen molar-refractivity contribution >= 4 is 11.8 Å². The zero-order valence-corrected chi connectivity index (χ0v) is 15.4. The first-order valence-corrected chi connectivity index (χ1v) is 10.2. The normalized spacial score (nSPS) is 42.5. The van der Waals surface area contributed by atoms with Crippen LogP contribution >= 0.6 is 0 Å². The van der Waals surface area contributed by atoms with Gasteiger partial charge in [0.2, 0.25) is 11.8 Å². The molecule has 2 amide bonds. The average Bonchev–Trinajstić information content (AvgIpc) is 2.52. The minimum Gasteiger partial charge on any atom is -0.390 e. The van der Waals surface area contributed by atoms with Crippen LogP contribution in [0.1, 0.15) is 64.7 Å². The Morgan fingerprint density at radius 3 is 2.56 bits per heavy atom. The van der Waals surface area contributed by atoms with E-state index in [9.17, 15) is 14.7 Å². The first-order valence-electron chi connectivity index (χ1n) is 10.2. The maximum Gasteiger partial charge on any atom is 0.224 e. The molecular formula is C20H32N2O3. The van der Waals surface area contributed by atoms with Crippen LogP contribution in [-0.2, 0) is 9.59 Å². The molecule has 5 aliphatic rings. The minimum absolute atomic E-state index is 0.0224. The van der Waals surface area contributed by atoms with Gasteiger partial charge in [-0.2, -0.15) is 0 Å². The van der Waals surface area contributed by atoms with E-state index in [0.717, 1.165) is 51.5 Å². The number of piperidine rings is 1. The third-order valence-electron chi connectivity index (χ3n) is 7.17. The Kier molecular flexibility index (Phi) is 4.33. The van der Waals surface area contributed by atoms with Gasteiger partial charge in [-0.25, -0.2) is 0 Å². The van der Waals surface area contributed by atoms with Crippen LogP contribution in [0, 0.1) is 23.2 Å². The summed E-state index contributed by atoms with van der Waals surface area (Å²) < 4.78 is 0. The third kappa shape index (κ3) is 3.32. The molecule has 3 atom stereocenters. The molecule has 1 aliphatic heterocycles. The number of nitrogens with zero attached hydrogens (tertiary/aromatic N) is 1. The SMILES string of the molecule is CCNC(=O)[C@H]1CCCN(C(=O)CC23C[C@H]4C[C@@H](CC(O)(C4)C2)C3)C1. The van der Waals surface area contributed by atoms with Crippen LogP contribution in [0.15, 0.2) is 0 Å². The highest BCUT2D eigenvalue weighted by molar-refractivity contribution is 5.81. The van der Waals surface area contributed by atoms with Crippen LogP contribution in [0.3, 0.4) is 0 Å². The lowest BCUT2D eigenvalue weighted by molar-refractivity contribution is -0.172. The number of hydrogen-bond acceptors (Lipinski definition) is 3. The van der Waals surface area contributed by atoms with Crippen LogP contribution in [0.2, 0.25) is 0 Å². The zero-order valence-electron chi connectivity index (χ0n) is 15.4. The van der Waals surface area contributed by atoms with E-state index < -0.39 is 5.60 Å². The minimum atomic E-state index is -0.504. The van der Waals surface area contributed by atoms with Crippen LogP contribution in [0.5, 0.6) is 0 Å². The van der Waals surface area contributed by atoms with Gasteiger partial charge in [0.15, 0.2) is 0 Å². The van der Waals surface area contributed by atoms with Gasteiger partial charge in [0.05, 0.1) is 11.5 Å². The standard InChI is InChI=1S/C20H32N2O3/c1-2-21-18(24)16-4-3-5-22(12-16)17(23)11-19-7-14-6-15(8-19)10-20(25,9-14)13-19/h14-16,25H,2-13H2,1H3,(H,21,24)/t14-,15-,16+,19?,20?/m1/s1. The zero-order chi connectivity index (χ0) is 17.7. The highest BCUT2D eigenvalue weighted by Crippen LogP contribution is 2.62. The summed E-state index contributed by atoms with van der Waals surface area (Å²) in [6.07, 6.45) is 8.56. The molecule has 1 heterocycles. The quantitative estimate of drug-likeness (QED) is 0.817. The molecule has 0 aromatic carbocycles. The van der Waals surface area contributed by atoms with Crippen LogP contribution in [-0.4, -0.2) is 47.1 Å². The van der Waals surface area contributed by atoms with Crippen molar-refractivity contribution in [1.82, 2.24) is 10.2 Å². The van der Waals surface area contributed by atoms with E-state index >= 15 is 0 Å². The second-order valence-corrected chi connectivity index (χ2v) is 9.44. The molecule has 4 saturated carbocycles. The Hall–Kier alpha value is -1.10. The summed E-state index contributed by atoms with van der Waals surface area (Å²) in [4.78, 5) is 27.1.